The second-order valence-electron chi connectivity index (χ2n) is 3.48. The third-order valence-electron chi connectivity index (χ3n) is 2.44. The maximum Gasteiger partial charge on any atom is 0.321 e. The van der Waals surface area contributed by atoms with Gasteiger partial charge in [0, 0.05) is 12.8 Å². The van der Waals surface area contributed by atoms with Crippen molar-refractivity contribution in [1.82, 2.24) is 9.97 Å². The molecule has 2 rings (SSSR count). The van der Waals surface area contributed by atoms with E-state index in [2.05, 4.69) is 9.97 Å². The number of rotatable bonds is 3. The summed E-state index contributed by atoms with van der Waals surface area (Å²) in [7, 11) is 2.73. The Morgan fingerprint density at radius 2 is 1.72 bits per heavy atom. The van der Waals surface area contributed by atoms with Crippen molar-refractivity contribution in [2.75, 3.05) is 19.1 Å². The molecule has 0 atom stereocenters. The van der Waals surface area contributed by atoms with Crippen molar-refractivity contribution < 1.29 is 19.1 Å². The molecule has 7 nitrogen and oxygen atoms in total. The average molecular weight is 272 g/mol. The summed E-state index contributed by atoms with van der Waals surface area (Å²) in [5.41, 5.74) is 0.0625. The van der Waals surface area contributed by atoms with Crippen LogP contribution in [-0.4, -0.2) is 36.0 Å². The minimum Gasteiger partial charge on any atom is -0.479 e. The molecule has 0 saturated carbocycles. The second-order valence-corrected chi connectivity index (χ2v) is 3.84. The predicted molar refractivity (Wildman–Crippen MR) is 61.9 cm³/mol. The van der Waals surface area contributed by atoms with Crippen molar-refractivity contribution in [3.63, 3.8) is 0 Å². The summed E-state index contributed by atoms with van der Waals surface area (Å²) in [4.78, 5) is 32.0. The van der Waals surface area contributed by atoms with Gasteiger partial charge < -0.3 is 9.47 Å². The summed E-state index contributed by atoms with van der Waals surface area (Å²) >= 11 is 5.95. The molecule has 2 amide bonds. The first kappa shape index (κ1) is 12.6. The fourth-order valence-electron chi connectivity index (χ4n) is 1.64. The van der Waals surface area contributed by atoms with Gasteiger partial charge in [-0.2, -0.15) is 9.97 Å². The normalized spacial score (nSPS) is 15.2. The summed E-state index contributed by atoms with van der Waals surface area (Å²) in [5, 5.41) is -0.0673. The van der Waals surface area contributed by atoms with Crippen LogP contribution in [0.1, 0.15) is 12.8 Å². The molecule has 0 aliphatic carbocycles. The van der Waals surface area contributed by atoms with Gasteiger partial charge in [-0.05, 0) is 0 Å². The first-order valence-corrected chi connectivity index (χ1v) is 5.47. The minimum atomic E-state index is -0.353. The van der Waals surface area contributed by atoms with Crippen LogP contribution in [0, 0.1) is 0 Å². The van der Waals surface area contributed by atoms with E-state index in [0.29, 0.717) is 0 Å². The van der Waals surface area contributed by atoms with E-state index in [9.17, 15) is 9.59 Å². The number of hydrogen-bond acceptors (Lipinski definition) is 6. The van der Waals surface area contributed by atoms with Gasteiger partial charge in [-0.15, -0.1) is 0 Å². The van der Waals surface area contributed by atoms with Crippen LogP contribution in [0.15, 0.2) is 0 Å². The Morgan fingerprint density at radius 3 is 2.22 bits per heavy atom. The Hall–Kier alpha value is -1.89. The lowest BCUT2D eigenvalue weighted by Crippen LogP contribution is -2.29. The molecule has 0 bridgehead atoms. The maximum absolute atomic E-state index is 11.7. The highest BCUT2D eigenvalue weighted by molar-refractivity contribution is 6.35. The molecule has 1 aromatic heterocycles. The first-order valence-electron chi connectivity index (χ1n) is 5.09. The topological polar surface area (TPSA) is 81.6 Å². The van der Waals surface area contributed by atoms with Crippen LogP contribution in [0.5, 0.6) is 11.9 Å². The van der Waals surface area contributed by atoms with Crippen molar-refractivity contribution in [3.05, 3.63) is 5.15 Å². The Morgan fingerprint density at radius 1 is 1.11 bits per heavy atom. The van der Waals surface area contributed by atoms with Gasteiger partial charge in [-0.1, -0.05) is 11.6 Å². The molecule has 8 heteroatoms. The van der Waals surface area contributed by atoms with E-state index in [-0.39, 0.29) is 47.4 Å². The molecule has 0 spiro atoms. The summed E-state index contributed by atoms with van der Waals surface area (Å²) in [6.45, 7) is 0. The van der Waals surface area contributed by atoms with Gasteiger partial charge in [0.05, 0.1) is 14.2 Å². The van der Waals surface area contributed by atoms with Gasteiger partial charge >= 0.3 is 6.01 Å². The van der Waals surface area contributed by atoms with Crippen molar-refractivity contribution in [2.45, 2.75) is 12.8 Å². The zero-order valence-corrected chi connectivity index (χ0v) is 10.5. The van der Waals surface area contributed by atoms with Gasteiger partial charge in [0.25, 0.3) is 0 Å². The van der Waals surface area contributed by atoms with Crippen LogP contribution in [0.2, 0.25) is 5.15 Å². The monoisotopic (exact) mass is 271 g/mol. The van der Waals surface area contributed by atoms with Crippen molar-refractivity contribution in [1.29, 1.82) is 0 Å². The molecule has 18 heavy (non-hydrogen) atoms. The van der Waals surface area contributed by atoms with Crippen LogP contribution < -0.4 is 14.4 Å². The quantitative estimate of drug-likeness (QED) is 0.597. The highest BCUT2D eigenvalue weighted by Gasteiger charge is 2.35. The molecule has 0 N–H and O–H groups in total. The summed E-state index contributed by atoms with van der Waals surface area (Å²) < 4.78 is 9.85. The van der Waals surface area contributed by atoms with E-state index in [1.165, 1.54) is 14.2 Å². The number of carbonyl (C=O) groups is 2. The highest BCUT2D eigenvalue weighted by Crippen LogP contribution is 2.37. The van der Waals surface area contributed by atoms with E-state index in [4.69, 9.17) is 21.1 Å². The van der Waals surface area contributed by atoms with Crippen LogP contribution in [0.25, 0.3) is 0 Å². The summed E-state index contributed by atoms with van der Waals surface area (Å²) in [6.07, 6.45) is 0.286. The lowest BCUT2D eigenvalue weighted by Gasteiger charge is -2.17. The zero-order valence-electron chi connectivity index (χ0n) is 9.77. The minimum absolute atomic E-state index is 0.000283. The smallest absolute Gasteiger partial charge is 0.321 e. The fourth-order valence-corrected chi connectivity index (χ4v) is 1.88. The number of nitrogens with zero attached hydrogens (tertiary/aromatic N) is 3. The molecule has 2 heterocycles. The molecule has 1 aromatic rings. The molecule has 0 unspecified atom stereocenters. The number of methoxy groups -OCH3 is 2. The SMILES string of the molecule is COc1nc(Cl)c(N2C(=O)CCC2=O)c(OC)n1. The fraction of sp³-hybridized carbons (Fsp3) is 0.400. The largest absolute Gasteiger partial charge is 0.479 e. The van der Waals surface area contributed by atoms with E-state index in [1.807, 2.05) is 0 Å². The van der Waals surface area contributed by atoms with Gasteiger partial charge in [0.15, 0.2) is 10.8 Å². The molecule has 0 aromatic carbocycles. The summed E-state index contributed by atoms with van der Waals surface area (Å²) in [5.74, 6) is -0.682. The van der Waals surface area contributed by atoms with Crippen molar-refractivity contribution in [3.8, 4) is 11.9 Å². The van der Waals surface area contributed by atoms with E-state index in [1.54, 1.807) is 0 Å². The molecular formula is C10H10ClN3O4. The van der Waals surface area contributed by atoms with Gasteiger partial charge in [0.2, 0.25) is 17.7 Å². The molecule has 1 aliphatic heterocycles. The zero-order chi connectivity index (χ0) is 13.3. The second kappa shape index (κ2) is 4.77. The van der Waals surface area contributed by atoms with Crippen molar-refractivity contribution >= 4 is 29.1 Å². The number of anilines is 1. The van der Waals surface area contributed by atoms with Gasteiger partial charge in [-0.25, -0.2) is 4.90 Å². The number of carbonyl (C=O) groups excluding carboxylic acids is 2. The van der Waals surface area contributed by atoms with Crippen LogP contribution in [0.4, 0.5) is 5.69 Å². The highest BCUT2D eigenvalue weighted by atomic mass is 35.5. The Bertz CT molecular complexity index is 504. The molecular weight excluding hydrogens is 262 g/mol. The van der Waals surface area contributed by atoms with Crippen LogP contribution >= 0.6 is 11.6 Å². The number of amides is 2. The molecule has 0 radical (unpaired) electrons. The van der Waals surface area contributed by atoms with Gasteiger partial charge in [-0.3, -0.25) is 9.59 Å². The third kappa shape index (κ3) is 1.97. The number of hydrogen-bond donors (Lipinski definition) is 0. The molecule has 1 saturated heterocycles. The van der Waals surface area contributed by atoms with E-state index >= 15 is 0 Å². The first-order chi connectivity index (χ1) is 8.58. The predicted octanol–water partition coefficient (Wildman–Crippen LogP) is 0.801. The standard InChI is InChI=1S/C10H10ClN3O4/c1-17-9-7(8(11)12-10(13-9)18-2)14-5(15)3-4-6(14)16/h3-4H2,1-2H3. The number of halogens is 1. The Balaban J connectivity index is 2.56. The summed E-state index contributed by atoms with van der Waals surface area (Å²) in [6, 6.07) is -0.000283. The van der Waals surface area contributed by atoms with E-state index < -0.39 is 0 Å². The van der Waals surface area contributed by atoms with Crippen LogP contribution in [0.3, 0.4) is 0 Å². The van der Waals surface area contributed by atoms with Crippen molar-refractivity contribution in [2.24, 2.45) is 0 Å². The lowest BCUT2D eigenvalue weighted by molar-refractivity contribution is -0.121. The van der Waals surface area contributed by atoms with Gasteiger partial charge in [0.1, 0.15) is 0 Å². The third-order valence-corrected chi connectivity index (χ3v) is 2.70. The van der Waals surface area contributed by atoms with E-state index in [0.717, 1.165) is 4.90 Å². The molecule has 1 fully saturated rings. The number of imide groups is 1. The average Bonchev–Trinajstić information content (AvgIpc) is 2.68. The lowest BCUT2D eigenvalue weighted by atomic mass is 10.4. The van der Waals surface area contributed by atoms with Crippen LogP contribution in [-0.2, 0) is 9.59 Å². The molecule has 1 aliphatic rings. The Kier molecular flexibility index (Phi) is 3.33. The number of aromatic nitrogens is 2. The maximum atomic E-state index is 11.7. The molecule has 96 valence electrons. The number of ether oxygens (including phenoxy) is 2. The Labute approximate surface area is 108 Å².